The quantitative estimate of drug-likeness (QED) is 0.555. The largest absolute Gasteiger partial charge is 0.357 e. The molecule has 2 N–H and O–H groups in total. The summed E-state index contributed by atoms with van der Waals surface area (Å²) in [6, 6.07) is 1.41. The number of nitrogens with one attached hydrogen (secondary N) is 2. The maximum Gasteiger partial charge on any atom is 0.191 e. The summed E-state index contributed by atoms with van der Waals surface area (Å²) in [7, 11) is 2.22. The monoisotopic (exact) mass is 323 g/mol. The van der Waals surface area contributed by atoms with Crippen LogP contribution >= 0.6 is 0 Å². The molecule has 2 saturated heterocycles. The van der Waals surface area contributed by atoms with E-state index in [0.717, 1.165) is 38.2 Å². The molecule has 2 fully saturated rings. The molecule has 0 aromatic carbocycles. The van der Waals surface area contributed by atoms with Gasteiger partial charge in [-0.3, -0.25) is 9.89 Å². The molecule has 0 bridgehead atoms. The van der Waals surface area contributed by atoms with Gasteiger partial charge in [0.05, 0.1) is 6.54 Å². The molecule has 0 radical (unpaired) electrons. The van der Waals surface area contributed by atoms with Crippen molar-refractivity contribution in [2.24, 2.45) is 4.99 Å². The number of aliphatic imine (C=N–C) groups is 1. The zero-order valence-corrected chi connectivity index (χ0v) is 15.5. The molecule has 0 aromatic heterocycles. The van der Waals surface area contributed by atoms with Gasteiger partial charge in [-0.25, -0.2) is 0 Å². The van der Waals surface area contributed by atoms with Crippen molar-refractivity contribution in [3.8, 4) is 0 Å². The van der Waals surface area contributed by atoms with Crippen molar-refractivity contribution in [3.05, 3.63) is 0 Å². The van der Waals surface area contributed by atoms with Crippen molar-refractivity contribution in [2.75, 3.05) is 46.3 Å². The first-order chi connectivity index (χ1) is 11.2. The third-order valence-electron chi connectivity index (χ3n) is 5.39. The normalized spacial score (nSPS) is 27.3. The first-order valence-electron chi connectivity index (χ1n) is 9.71. The van der Waals surface area contributed by atoms with Crippen LogP contribution in [0.2, 0.25) is 0 Å². The Bertz CT molecular complexity index is 357. The summed E-state index contributed by atoms with van der Waals surface area (Å²) in [5, 5.41) is 6.92. The van der Waals surface area contributed by atoms with Crippen LogP contribution in [-0.2, 0) is 0 Å². The summed E-state index contributed by atoms with van der Waals surface area (Å²) >= 11 is 0. The van der Waals surface area contributed by atoms with E-state index in [1.54, 1.807) is 0 Å². The highest BCUT2D eigenvalue weighted by molar-refractivity contribution is 5.79. The van der Waals surface area contributed by atoms with Gasteiger partial charge in [-0.15, -0.1) is 0 Å². The van der Waals surface area contributed by atoms with Gasteiger partial charge in [-0.1, -0.05) is 13.3 Å². The highest BCUT2D eigenvalue weighted by atomic mass is 15.2. The van der Waals surface area contributed by atoms with Crippen LogP contribution in [0.15, 0.2) is 4.99 Å². The lowest BCUT2D eigenvalue weighted by Gasteiger charge is -2.35. The van der Waals surface area contributed by atoms with Gasteiger partial charge in [0.2, 0.25) is 0 Å². The fraction of sp³-hybridized carbons (Fsp3) is 0.944. The summed E-state index contributed by atoms with van der Waals surface area (Å²) < 4.78 is 0. The number of hydrogen-bond acceptors (Lipinski definition) is 3. The lowest BCUT2D eigenvalue weighted by Crippen LogP contribution is -2.46. The van der Waals surface area contributed by atoms with E-state index in [4.69, 9.17) is 4.99 Å². The molecule has 23 heavy (non-hydrogen) atoms. The van der Waals surface area contributed by atoms with E-state index < -0.39 is 0 Å². The highest BCUT2D eigenvalue weighted by Gasteiger charge is 2.21. The van der Waals surface area contributed by atoms with Gasteiger partial charge >= 0.3 is 0 Å². The predicted molar refractivity (Wildman–Crippen MR) is 99.1 cm³/mol. The minimum Gasteiger partial charge on any atom is -0.357 e. The number of likely N-dealkylation sites (N-methyl/N-ethyl adjacent to an activating group) is 1. The summed E-state index contributed by atoms with van der Waals surface area (Å²) in [5.41, 5.74) is 0. The molecule has 0 spiro atoms. The van der Waals surface area contributed by atoms with E-state index in [1.165, 1.54) is 51.6 Å². The molecule has 5 nitrogen and oxygen atoms in total. The summed E-state index contributed by atoms with van der Waals surface area (Å²) in [4.78, 5) is 9.90. The van der Waals surface area contributed by atoms with Gasteiger partial charge in [0.15, 0.2) is 5.96 Å². The van der Waals surface area contributed by atoms with Crippen LogP contribution < -0.4 is 10.6 Å². The molecule has 2 aliphatic rings. The fourth-order valence-corrected chi connectivity index (χ4v) is 3.88. The molecule has 0 saturated carbocycles. The molecule has 0 amide bonds. The Labute approximate surface area is 142 Å². The molecule has 2 unspecified atom stereocenters. The molecule has 5 heteroatoms. The summed E-state index contributed by atoms with van der Waals surface area (Å²) in [6.07, 6.45) is 8.01. The second-order valence-corrected chi connectivity index (χ2v) is 7.02. The smallest absolute Gasteiger partial charge is 0.191 e. The predicted octanol–water partition coefficient (Wildman–Crippen LogP) is 1.90. The lowest BCUT2D eigenvalue weighted by molar-refractivity contribution is 0.147. The zero-order chi connectivity index (χ0) is 16.5. The van der Waals surface area contributed by atoms with Crippen molar-refractivity contribution < 1.29 is 0 Å². The van der Waals surface area contributed by atoms with E-state index in [1.807, 2.05) is 0 Å². The van der Waals surface area contributed by atoms with Crippen LogP contribution in [0.5, 0.6) is 0 Å². The van der Waals surface area contributed by atoms with Crippen molar-refractivity contribution >= 4 is 5.96 Å². The zero-order valence-electron chi connectivity index (χ0n) is 15.5. The van der Waals surface area contributed by atoms with E-state index in [-0.39, 0.29) is 0 Å². The lowest BCUT2D eigenvalue weighted by atomic mass is 10.0. The van der Waals surface area contributed by atoms with Crippen molar-refractivity contribution in [1.82, 2.24) is 20.4 Å². The van der Waals surface area contributed by atoms with E-state index in [9.17, 15) is 0 Å². The topological polar surface area (TPSA) is 42.9 Å². The van der Waals surface area contributed by atoms with Gasteiger partial charge < -0.3 is 15.5 Å². The molecule has 0 aromatic rings. The number of nitrogens with zero attached hydrogens (tertiary/aromatic N) is 3. The van der Waals surface area contributed by atoms with Crippen LogP contribution in [0.1, 0.15) is 52.4 Å². The first kappa shape index (κ1) is 18.5. The maximum atomic E-state index is 4.80. The van der Waals surface area contributed by atoms with Crippen LogP contribution in [0.25, 0.3) is 0 Å². The Kier molecular flexibility index (Phi) is 8.17. The van der Waals surface area contributed by atoms with Gasteiger partial charge in [0, 0.05) is 31.7 Å². The molecular weight excluding hydrogens is 286 g/mol. The van der Waals surface area contributed by atoms with E-state index >= 15 is 0 Å². The second-order valence-electron chi connectivity index (χ2n) is 7.02. The number of likely N-dealkylation sites (tertiary alicyclic amines) is 2. The Morgan fingerprint density at radius 3 is 2.57 bits per heavy atom. The molecule has 2 heterocycles. The SMILES string of the molecule is CCNC(=NCC1CCCN1C)NCCN1CCCCC1CC. The molecule has 2 atom stereocenters. The van der Waals surface area contributed by atoms with Crippen molar-refractivity contribution in [1.29, 1.82) is 0 Å². The van der Waals surface area contributed by atoms with Crippen molar-refractivity contribution in [3.63, 3.8) is 0 Å². The third kappa shape index (κ3) is 5.96. The van der Waals surface area contributed by atoms with Crippen LogP contribution in [0, 0.1) is 0 Å². The molecule has 134 valence electrons. The Morgan fingerprint density at radius 1 is 1.04 bits per heavy atom. The molecule has 2 aliphatic heterocycles. The minimum atomic E-state index is 0.622. The van der Waals surface area contributed by atoms with E-state index in [0.29, 0.717) is 6.04 Å². The number of piperidine rings is 1. The van der Waals surface area contributed by atoms with Gasteiger partial charge in [-0.2, -0.15) is 0 Å². The molecule has 0 aliphatic carbocycles. The van der Waals surface area contributed by atoms with Crippen LogP contribution in [0.4, 0.5) is 0 Å². The average Bonchev–Trinajstić information content (AvgIpc) is 2.98. The third-order valence-corrected chi connectivity index (χ3v) is 5.39. The van der Waals surface area contributed by atoms with E-state index in [2.05, 4.69) is 41.3 Å². The molecule has 2 rings (SSSR count). The highest BCUT2D eigenvalue weighted by Crippen LogP contribution is 2.18. The average molecular weight is 324 g/mol. The van der Waals surface area contributed by atoms with Gasteiger partial charge in [0.1, 0.15) is 0 Å². The standard InChI is InChI=1S/C18H37N5/c1-4-16-9-6-7-13-23(16)14-11-20-18(19-5-2)21-15-17-10-8-12-22(17)3/h16-17H,4-15H2,1-3H3,(H2,19,20,21). The fourth-order valence-electron chi connectivity index (χ4n) is 3.88. The molecular formula is C18H37N5. The summed E-state index contributed by atoms with van der Waals surface area (Å²) in [6.45, 7) is 10.9. The van der Waals surface area contributed by atoms with Crippen LogP contribution in [-0.4, -0.2) is 74.2 Å². The number of hydrogen-bond donors (Lipinski definition) is 2. The maximum absolute atomic E-state index is 4.80. The Balaban J connectivity index is 1.75. The van der Waals surface area contributed by atoms with Crippen molar-refractivity contribution in [2.45, 2.75) is 64.5 Å². The minimum absolute atomic E-state index is 0.622. The second kappa shape index (κ2) is 10.1. The number of guanidine groups is 1. The van der Waals surface area contributed by atoms with Gasteiger partial charge in [-0.05, 0) is 59.2 Å². The number of rotatable bonds is 7. The first-order valence-corrected chi connectivity index (χ1v) is 9.71. The Hall–Kier alpha value is -0.810. The van der Waals surface area contributed by atoms with Gasteiger partial charge in [0.25, 0.3) is 0 Å². The summed E-state index contributed by atoms with van der Waals surface area (Å²) in [5.74, 6) is 0.984. The Morgan fingerprint density at radius 2 is 1.87 bits per heavy atom. The van der Waals surface area contributed by atoms with Crippen LogP contribution in [0.3, 0.4) is 0 Å².